The van der Waals surface area contributed by atoms with Gasteiger partial charge in [-0.2, -0.15) is 0 Å². The van der Waals surface area contributed by atoms with Crippen molar-refractivity contribution < 1.29 is 129 Å². The molecule has 29 nitrogen and oxygen atoms in total. The Morgan fingerprint density at radius 2 is 0.518 bits per heavy atom. The fourth-order valence-corrected chi connectivity index (χ4v) is 5.25. The van der Waals surface area contributed by atoms with Crippen molar-refractivity contribution in [2.24, 2.45) is 0 Å². The molecule has 0 rings (SSSR count). The third-order valence-electron chi connectivity index (χ3n) is 9.08. The van der Waals surface area contributed by atoms with Crippen LogP contribution in [0.3, 0.4) is 0 Å². The van der Waals surface area contributed by atoms with Crippen LogP contribution in [0.1, 0.15) is 0 Å². The van der Waals surface area contributed by atoms with Crippen LogP contribution in [0.25, 0.3) is 0 Å². The van der Waals surface area contributed by atoms with Gasteiger partial charge >= 0.3 is 29.8 Å². The summed E-state index contributed by atoms with van der Waals surface area (Å²) in [6.45, 7) is 24.1. The first-order chi connectivity index (χ1) is 40.6. The van der Waals surface area contributed by atoms with Gasteiger partial charge in [-0.05, 0) is 0 Å². The van der Waals surface area contributed by atoms with E-state index in [9.17, 15) is 28.8 Å². The number of carboxylic acid groups (broad SMARTS) is 1. The van der Waals surface area contributed by atoms with Crippen LogP contribution in [-0.4, -0.2) is 310 Å². The number of rotatable bonds is 65. The quantitative estimate of drug-likeness (QED) is 0.0340. The standard InChI is InChI=1S/C32H55NO17.C22H39NO10/c1-3-7-49-31(37)27-47-23-19-41-13-11-39-9-5-33(6-10-40-12-14-42-20-24-48-28-32(38)50-8-4-2)29(34)25-45-21-17-43-15-16-44-18-22-46-26-30(35)36;1-3-7-32-21(24)19-30-17-15-28-13-11-26-9-5-23-6-10-27-12-14-29-16-18-31-20-22(25)33-8-4-2/h3-4H,1-2,5-28H2,(H,35,36);3-4,23H,1-2,5-20H2. The summed E-state index contributed by atoms with van der Waals surface area (Å²) in [6.07, 6.45) is 5.94. The summed E-state index contributed by atoms with van der Waals surface area (Å²) in [6, 6.07) is 0. The summed E-state index contributed by atoms with van der Waals surface area (Å²) < 4.78 is 104. The largest absolute Gasteiger partial charge is 0.480 e. The van der Waals surface area contributed by atoms with Crippen molar-refractivity contribution in [3.05, 3.63) is 50.6 Å². The summed E-state index contributed by atoms with van der Waals surface area (Å²) >= 11 is 0. The van der Waals surface area contributed by atoms with Crippen molar-refractivity contribution in [1.82, 2.24) is 10.2 Å². The lowest BCUT2D eigenvalue weighted by molar-refractivity contribution is -0.149. The molecule has 0 aliphatic heterocycles. The zero-order chi connectivity index (χ0) is 61.0. The molecule has 482 valence electrons. The summed E-state index contributed by atoms with van der Waals surface area (Å²) in [4.78, 5) is 69.7. The number of nitrogens with one attached hydrogen (secondary N) is 1. The van der Waals surface area contributed by atoms with Gasteiger partial charge in [0.15, 0.2) is 0 Å². The van der Waals surface area contributed by atoms with Gasteiger partial charge in [-0.1, -0.05) is 50.6 Å². The van der Waals surface area contributed by atoms with E-state index in [4.69, 9.17) is 99.8 Å². The molecule has 1 amide bonds. The van der Waals surface area contributed by atoms with Crippen LogP contribution in [0.15, 0.2) is 50.6 Å². The monoisotopic (exact) mass is 1200 g/mol. The molecule has 0 aromatic heterocycles. The third-order valence-corrected chi connectivity index (χ3v) is 9.08. The predicted octanol–water partition coefficient (Wildman–Crippen LogP) is -0.342. The number of carbonyl (C=O) groups excluding carboxylic acids is 5. The average molecular weight is 1200 g/mol. The smallest absolute Gasteiger partial charge is 0.332 e. The minimum absolute atomic E-state index is 0.0958. The molecule has 29 heteroatoms. The molecule has 0 heterocycles. The predicted molar refractivity (Wildman–Crippen MR) is 295 cm³/mol. The number of aliphatic carboxylic acids is 1. The molecule has 0 aliphatic carbocycles. The van der Waals surface area contributed by atoms with Crippen LogP contribution >= 0.6 is 0 Å². The second kappa shape index (κ2) is 67.9. The van der Waals surface area contributed by atoms with E-state index in [0.717, 1.165) is 0 Å². The highest BCUT2D eigenvalue weighted by Crippen LogP contribution is 1.96. The van der Waals surface area contributed by atoms with Gasteiger partial charge in [-0.15, -0.1) is 0 Å². The van der Waals surface area contributed by atoms with Gasteiger partial charge in [0, 0.05) is 26.2 Å². The van der Waals surface area contributed by atoms with Crippen molar-refractivity contribution in [3.8, 4) is 0 Å². The number of carbonyl (C=O) groups is 6. The highest BCUT2D eigenvalue weighted by atomic mass is 16.6. The molecular weight excluding hydrogens is 1110 g/mol. The molecule has 0 atom stereocenters. The van der Waals surface area contributed by atoms with Gasteiger partial charge in [-0.3, -0.25) is 4.79 Å². The molecule has 0 aromatic carbocycles. The Morgan fingerprint density at radius 3 is 0.771 bits per heavy atom. The van der Waals surface area contributed by atoms with E-state index in [-0.39, 0.29) is 138 Å². The lowest BCUT2D eigenvalue weighted by Gasteiger charge is -2.23. The normalized spacial score (nSPS) is 10.8. The molecule has 0 aliphatic rings. The number of nitrogens with zero attached hydrogens (tertiary/aromatic N) is 1. The fourth-order valence-electron chi connectivity index (χ4n) is 5.25. The Bertz CT molecular complexity index is 1490. The van der Waals surface area contributed by atoms with Gasteiger partial charge in [0.25, 0.3) is 0 Å². The molecule has 0 saturated carbocycles. The maximum absolute atomic E-state index is 12.8. The number of hydrogen-bond acceptors (Lipinski definition) is 27. The average Bonchev–Trinajstić information content (AvgIpc) is 3.47. The van der Waals surface area contributed by atoms with Crippen LogP contribution in [0.4, 0.5) is 0 Å². The molecule has 0 fully saturated rings. The van der Waals surface area contributed by atoms with E-state index in [0.29, 0.717) is 132 Å². The molecule has 2 N–H and O–H groups in total. The maximum Gasteiger partial charge on any atom is 0.332 e. The lowest BCUT2D eigenvalue weighted by atomic mass is 10.4. The SMILES string of the molecule is C=CCOC(=O)COCCOCCOCCN(CCOCCOCCOCC(=O)OCC=C)C(=O)COCCOCCOCCOCC(=O)O.C=CCOC(=O)COCCOCCOCCNCCOCCOCCOCC(=O)OCC=C. The number of ether oxygens (including phenoxy) is 20. The Morgan fingerprint density at radius 1 is 0.301 bits per heavy atom. The molecular formula is C54H94N2O27. The van der Waals surface area contributed by atoms with Gasteiger partial charge in [0.2, 0.25) is 5.91 Å². The van der Waals surface area contributed by atoms with E-state index >= 15 is 0 Å². The Hall–Kier alpha value is -4.90. The topological polar surface area (TPSA) is 323 Å². The Kier molecular flexibility index (Phi) is 65.6. The summed E-state index contributed by atoms with van der Waals surface area (Å²) in [5.41, 5.74) is 0. The van der Waals surface area contributed by atoms with E-state index < -0.39 is 29.8 Å². The summed E-state index contributed by atoms with van der Waals surface area (Å²) in [5.74, 6) is -3.09. The van der Waals surface area contributed by atoms with Crippen molar-refractivity contribution in [3.63, 3.8) is 0 Å². The van der Waals surface area contributed by atoms with Crippen LogP contribution in [0, 0.1) is 0 Å². The Balaban J connectivity index is 0. The van der Waals surface area contributed by atoms with Crippen LogP contribution < -0.4 is 5.32 Å². The third kappa shape index (κ3) is 67.8. The second-order valence-corrected chi connectivity index (χ2v) is 15.9. The second-order valence-electron chi connectivity index (χ2n) is 15.9. The number of esters is 4. The van der Waals surface area contributed by atoms with Crippen LogP contribution in [0.5, 0.6) is 0 Å². The van der Waals surface area contributed by atoms with E-state index in [1.54, 1.807) is 4.90 Å². The molecule has 0 unspecified atom stereocenters. The van der Waals surface area contributed by atoms with Crippen molar-refractivity contribution in [2.75, 3.05) is 264 Å². The molecule has 0 spiro atoms. The van der Waals surface area contributed by atoms with Crippen LogP contribution in [-0.2, 0) is 124 Å². The number of hydrogen-bond donors (Lipinski definition) is 2. The number of amides is 1. The van der Waals surface area contributed by atoms with Crippen molar-refractivity contribution >= 4 is 35.8 Å². The zero-order valence-electron chi connectivity index (χ0n) is 48.4. The molecule has 0 radical (unpaired) electrons. The van der Waals surface area contributed by atoms with E-state index in [2.05, 4.69) is 31.6 Å². The van der Waals surface area contributed by atoms with Crippen molar-refractivity contribution in [1.29, 1.82) is 0 Å². The Labute approximate surface area is 488 Å². The molecule has 0 bridgehead atoms. The van der Waals surface area contributed by atoms with Crippen LogP contribution in [0.2, 0.25) is 0 Å². The van der Waals surface area contributed by atoms with Gasteiger partial charge < -0.3 is 110 Å². The first-order valence-electron chi connectivity index (χ1n) is 27.1. The highest BCUT2D eigenvalue weighted by molar-refractivity contribution is 5.77. The van der Waals surface area contributed by atoms with Crippen molar-refractivity contribution in [2.45, 2.75) is 0 Å². The molecule has 83 heavy (non-hydrogen) atoms. The summed E-state index contributed by atoms with van der Waals surface area (Å²) in [5, 5.41) is 11.7. The fraction of sp³-hybridized carbons (Fsp3) is 0.741. The lowest BCUT2D eigenvalue weighted by Crippen LogP contribution is -2.39. The first-order valence-corrected chi connectivity index (χ1v) is 27.1. The van der Waals surface area contributed by atoms with Gasteiger partial charge in [-0.25, -0.2) is 24.0 Å². The van der Waals surface area contributed by atoms with E-state index in [1.165, 1.54) is 24.3 Å². The minimum atomic E-state index is -1.04. The first kappa shape index (κ1) is 80.2. The molecule has 0 aromatic rings. The maximum atomic E-state index is 12.8. The van der Waals surface area contributed by atoms with E-state index in [1.807, 2.05) is 0 Å². The highest BCUT2D eigenvalue weighted by Gasteiger charge is 2.14. The minimum Gasteiger partial charge on any atom is -0.480 e. The van der Waals surface area contributed by atoms with Gasteiger partial charge in [0.1, 0.15) is 66.1 Å². The molecule has 0 saturated heterocycles. The number of carboxylic acids is 1. The summed E-state index contributed by atoms with van der Waals surface area (Å²) in [7, 11) is 0. The van der Waals surface area contributed by atoms with Gasteiger partial charge in [0.05, 0.1) is 172 Å². The zero-order valence-corrected chi connectivity index (χ0v) is 48.4.